The fraction of sp³-hybridized carbons (Fsp3) is 0.444. The molecule has 25 heavy (non-hydrogen) atoms. The third kappa shape index (κ3) is 4.64. The number of fused-ring (bicyclic) bond motifs is 1. The quantitative estimate of drug-likeness (QED) is 0.824. The fourth-order valence-corrected chi connectivity index (χ4v) is 2.86. The van der Waals surface area contributed by atoms with Gasteiger partial charge in [-0.2, -0.15) is 0 Å². The van der Waals surface area contributed by atoms with Crippen molar-refractivity contribution in [3.05, 3.63) is 47.7 Å². The van der Waals surface area contributed by atoms with Crippen molar-refractivity contribution in [3.63, 3.8) is 0 Å². The molecule has 134 valence electrons. The predicted octanol–water partition coefficient (Wildman–Crippen LogP) is 1.81. The minimum Gasteiger partial charge on any atom is -0.491 e. The second-order valence-corrected chi connectivity index (χ2v) is 5.94. The van der Waals surface area contributed by atoms with Crippen LogP contribution in [0, 0.1) is 5.82 Å². The van der Waals surface area contributed by atoms with E-state index in [-0.39, 0.29) is 12.4 Å². The molecule has 0 saturated heterocycles. The number of ether oxygens (including phenoxy) is 2. The van der Waals surface area contributed by atoms with E-state index in [2.05, 4.69) is 14.9 Å². The zero-order valence-electron chi connectivity index (χ0n) is 14.2. The van der Waals surface area contributed by atoms with E-state index in [0.29, 0.717) is 31.3 Å². The third-order valence-corrected chi connectivity index (χ3v) is 4.05. The Balaban J connectivity index is 1.54. The lowest BCUT2D eigenvalue weighted by Gasteiger charge is -2.30. The van der Waals surface area contributed by atoms with E-state index < -0.39 is 6.10 Å². The lowest BCUT2D eigenvalue weighted by atomic mass is 10.1. The van der Waals surface area contributed by atoms with Crippen molar-refractivity contribution >= 4 is 0 Å². The number of benzene rings is 1. The summed E-state index contributed by atoms with van der Waals surface area (Å²) in [5, 5.41) is 10.2. The van der Waals surface area contributed by atoms with E-state index in [1.165, 1.54) is 18.5 Å². The van der Waals surface area contributed by atoms with Crippen molar-refractivity contribution in [2.24, 2.45) is 0 Å². The third-order valence-electron chi connectivity index (χ3n) is 4.05. The number of rotatable bonds is 7. The van der Waals surface area contributed by atoms with Crippen molar-refractivity contribution < 1.29 is 19.0 Å². The molecule has 0 fully saturated rings. The van der Waals surface area contributed by atoms with Crippen molar-refractivity contribution in [1.29, 1.82) is 0 Å². The second kappa shape index (κ2) is 8.22. The van der Waals surface area contributed by atoms with Gasteiger partial charge in [0, 0.05) is 31.6 Å². The van der Waals surface area contributed by atoms with Crippen LogP contribution < -0.4 is 9.47 Å². The zero-order valence-corrected chi connectivity index (χ0v) is 14.2. The number of hydrogen-bond acceptors (Lipinski definition) is 6. The Morgan fingerprint density at radius 3 is 2.80 bits per heavy atom. The van der Waals surface area contributed by atoms with Crippen LogP contribution in [0.25, 0.3) is 0 Å². The highest BCUT2D eigenvalue weighted by Crippen LogP contribution is 2.24. The molecular formula is C18H22FN3O3. The Hall–Kier alpha value is -2.25. The minimum absolute atomic E-state index is 0.151. The van der Waals surface area contributed by atoms with Crippen LogP contribution in [0.1, 0.15) is 18.2 Å². The monoisotopic (exact) mass is 347 g/mol. The number of aromatic nitrogens is 2. The first kappa shape index (κ1) is 17.6. The summed E-state index contributed by atoms with van der Waals surface area (Å²) in [6, 6.07) is 5.76. The fourth-order valence-electron chi connectivity index (χ4n) is 2.86. The summed E-state index contributed by atoms with van der Waals surface area (Å²) in [5.74, 6) is 0.845. The van der Waals surface area contributed by atoms with Crippen molar-refractivity contribution in [2.45, 2.75) is 26.0 Å². The van der Waals surface area contributed by atoms with Gasteiger partial charge in [0.25, 0.3) is 0 Å². The Kier molecular flexibility index (Phi) is 5.78. The summed E-state index contributed by atoms with van der Waals surface area (Å²) in [6.45, 7) is 4.55. The van der Waals surface area contributed by atoms with Gasteiger partial charge in [-0.25, -0.2) is 14.4 Å². The van der Waals surface area contributed by atoms with Crippen LogP contribution in [-0.4, -0.2) is 52.4 Å². The molecule has 1 aromatic carbocycles. The van der Waals surface area contributed by atoms with Crippen LogP contribution >= 0.6 is 0 Å². The molecule has 1 aromatic heterocycles. The summed E-state index contributed by atoms with van der Waals surface area (Å²) >= 11 is 0. The van der Waals surface area contributed by atoms with E-state index in [4.69, 9.17) is 9.47 Å². The molecule has 1 aliphatic heterocycles. The topological polar surface area (TPSA) is 67.7 Å². The molecule has 1 unspecified atom stereocenters. The molecule has 3 rings (SSSR count). The molecule has 0 spiro atoms. The van der Waals surface area contributed by atoms with Crippen LogP contribution in [0.4, 0.5) is 4.39 Å². The van der Waals surface area contributed by atoms with Crippen LogP contribution in [0.2, 0.25) is 0 Å². The summed E-state index contributed by atoms with van der Waals surface area (Å²) in [4.78, 5) is 10.7. The van der Waals surface area contributed by atoms with Gasteiger partial charge in [-0.1, -0.05) is 0 Å². The predicted molar refractivity (Wildman–Crippen MR) is 90.1 cm³/mol. The van der Waals surface area contributed by atoms with Gasteiger partial charge in [-0.3, -0.25) is 4.90 Å². The van der Waals surface area contributed by atoms with Gasteiger partial charge in [0.05, 0.1) is 12.3 Å². The lowest BCUT2D eigenvalue weighted by Crippen LogP contribution is -2.39. The minimum atomic E-state index is -0.647. The summed E-state index contributed by atoms with van der Waals surface area (Å²) in [7, 11) is 0. The van der Waals surface area contributed by atoms with E-state index in [1.54, 1.807) is 12.1 Å². The van der Waals surface area contributed by atoms with Crippen LogP contribution in [0.15, 0.2) is 30.6 Å². The Morgan fingerprint density at radius 2 is 2.04 bits per heavy atom. The van der Waals surface area contributed by atoms with Gasteiger partial charge in [0.15, 0.2) is 0 Å². The Bertz CT molecular complexity index is 696. The molecular weight excluding hydrogens is 325 g/mol. The van der Waals surface area contributed by atoms with Crippen LogP contribution in [0.5, 0.6) is 11.6 Å². The average Bonchev–Trinajstić information content (AvgIpc) is 2.62. The second-order valence-electron chi connectivity index (χ2n) is 5.94. The van der Waals surface area contributed by atoms with Crippen molar-refractivity contribution in [1.82, 2.24) is 14.9 Å². The van der Waals surface area contributed by atoms with Gasteiger partial charge < -0.3 is 14.6 Å². The first-order valence-corrected chi connectivity index (χ1v) is 8.40. The molecule has 0 bridgehead atoms. The largest absolute Gasteiger partial charge is 0.491 e. The van der Waals surface area contributed by atoms with Crippen molar-refractivity contribution in [3.8, 4) is 11.6 Å². The Morgan fingerprint density at radius 1 is 1.24 bits per heavy atom. The number of halogens is 1. The number of β-amino-alcohol motifs (C(OH)–C–C–N with tert-alkyl or cyclic N) is 1. The average molecular weight is 347 g/mol. The maximum absolute atomic E-state index is 12.9. The van der Waals surface area contributed by atoms with Gasteiger partial charge >= 0.3 is 0 Å². The normalized spacial score (nSPS) is 15.5. The van der Waals surface area contributed by atoms with Gasteiger partial charge in [0.1, 0.15) is 30.6 Å². The molecule has 7 heteroatoms. The van der Waals surface area contributed by atoms with E-state index in [1.807, 2.05) is 6.92 Å². The lowest BCUT2D eigenvalue weighted by molar-refractivity contribution is 0.0629. The van der Waals surface area contributed by atoms with Crippen LogP contribution in [-0.2, 0) is 13.0 Å². The Labute approximate surface area is 146 Å². The number of hydrogen-bond donors (Lipinski definition) is 1. The number of nitrogens with zero attached hydrogens (tertiary/aromatic N) is 3. The molecule has 2 aromatic rings. The number of aliphatic hydroxyl groups is 1. The molecule has 1 atom stereocenters. The van der Waals surface area contributed by atoms with Crippen LogP contribution in [0.3, 0.4) is 0 Å². The highest BCUT2D eigenvalue weighted by atomic mass is 19.1. The SMILES string of the molecule is CCOc1ncnc2c1CN(CC(O)COc1ccc(F)cc1)CC2. The molecule has 1 aliphatic rings. The molecule has 6 nitrogen and oxygen atoms in total. The van der Waals surface area contributed by atoms with E-state index >= 15 is 0 Å². The molecule has 0 amide bonds. The highest BCUT2D eigenvalue weighted by molar-refractivity contribution is 5.31. The summed E-state index contributed by atoms with van der Waals surface area (Å²) in [5.41, 5.74) is 1.99. The van der Waals surface area contributed by atoms with Gasteiger partial charge in [-0.05, 0) is 31.2 Å². The number of aliphatic hydroxyl groups excluding tert-OH is 1. The highest BCUT2D eigenvalue weighted by Gasteiger charge is 2.23. The molecule has 0 radical (unpaired) electrons. The van der Waals surface area contributed by atoms with Crippen molar-refractivity contribution in [2.75, 3.05) is 26.3 Å². The van der Waals surface area contributed by atoms with Gasteiger partial charge in [0.2, 0.25) is 5.88 Å². The zero-order chi connectivity index (χ0) is 17.6. The molecule has 2 heterocycles. The maximum Gasteiger partial charge on any atom is 0.221 e. The standard InChI is InChI=1S/C18H22FN3O3/c1-2-24-18-16-10-22(8-7-17(16)20-12-21-18)9-14(23)11-25-15-5-3-13(19)4-6-15/h3-6,12,14,23H,2,7-11H2,1H3. The molecule has 1 N–H and O–H groups in total. The van der Waals surface area contributed by atoms with E-state index in [9.17, 15) is 9.50 Å². The van der Waals surface area contributed by atoms with E-state index in [0.717, 1.165) is 24.2 Å². The first-order chi connectivity index (χ1) is 12.2. The molecule has 0 saturated carbocycles. The maximum atomic E-state index is 12.9. The first-order valence-electron chi connectivity index (χ1n) is 8.40. The van der Waals surface area contributed by atoms with Gasteiger partial charge in [-0.15, -0.1) is 0 Å². The summed E-state index contributed by atoms with van der Waals surface area (Å²) in [6.07, 6.45) is 1.68. The molecule has 0 aliphatic carbocycles. The summed E-state index contributed by atoms with van der Waals surface area (Å²) < 4.78 is 24.0. The smallest absolute Gasteiger partial charge is 0.221 e.